The van der Waals surface area contributed by atoms with Gasteiger partial charge in [-0.3, -0.25) is 0 Å². The molecule has 4 rings (SSSR count). The van der Waals surface area contributed by atoms with Crippen molar-refractivity contribution in [2.75, 3.05) is 6.79 Å². The Balaban J connectivity index is 1.74. The standard InChI is InChI=1S/C23H29NO4S/c1-16-11-17(2)23(18(3)12-16)29(25,26)24(20-7-5-4-6-8-20)14-19-9-10-21-22(13-19)28-15-27-21/h9-13,20H,4-8,14-15H2,1-3H3. The quantitative estimate of drug-likeness (QED) is 0.699. The third kappa shape index (κ3) is 4.01. The Morgan fingerprint density at radius 1 is 0.931 bits per heavy atom. The first-order valence-corrected chi connectivity index (χ1v) is 11.8. The van der Waals surface area contributed by atoms with Crippen molar-refractivity contribution < 1.29 is 17.9 Å². The van der Waals surface area contributed by atoms with E-state index in [1.165, 1.54) is 6.42 Å². The van der Waals surface area contributed by atoms with Gasteiger partial charge >= 0.3 is 0 Å². The summed E-state index contributed by atoms with van der Waals surface area (Å²) in [6.07, 6.45) is 5.14. The second-order valence-electron chi connectivity index (χ2n) is 8.26. The van der Waals surface area contributed by atoms with E-state index in [0.29, 0.717) is 22.9 Å². The Kier molecular flexibility index (Phi) is 5.58. The normalized spacial score (nSPS) is 17.1. The van der Waals surface area contributed by atoms with E-state index >= 15 is 0 Å². The first kappa shape index (κ1) is 20.2. The van der Waals surface area contributed by atoms with Crippen LogP contribution in [0.3, 0.4) is 0 Å². The van der Waals surface area contributed by atoms with E-state index in [0.717, 1.165) is 47.9 Å². The summed E-state index contributed by atoms with van der Waals surface area (Å²) >= 11 is 0. The average molecular weight is 416 g/mol. The molecule has 1 saturated carbocycles. The highest BCUT2D eigenvalue weighted by Crippen LogP contribution is 2.36. The molecule has 0 radical (unpaired) electrons. The van der Waals surface area contributed by atoms with Crippen molar-refractivity contribution in [2.24, 2.45) is 0 Å². The maximum absolute atomic E-state index is 13.9. The second-order valence-corrected chi connectivity index (χ2v) is 10.1. The van der Waals surface area contributed by atoms with Crippen LogP contribution >= 0.6 is 0 Å². The Morgan fingerprint density at radius 2 is 1.59 bits per heavy atom. The molecule has 2 aliphatic rings. The van der Waals surface area contributed by atoms with E-state index in [2.05, 4.69) is 0 Å². The fourth-order valence-corrected chi connectivity index (χ4v) is 6.78. The fraction of sp³-hybridized carbons (Fsp3) is 0.478. The van der Waals surface area contributed by atoms with Gasteiger partial charge in [0.25, 0.3) is 0 Å². The number of aryl methyl sites for hydroxylation is 3. The van der Waals surface area contributed by atoms with Crippen LogP contribution in [0.5, 0.6) is 11.5 Å². The number of rotatable bonds is 5. The zero-order valence-electron chi connectivity index (χ0n) is 17.4. The summed E-state index contributed by atoms with van der Waals surface area (Å²) < 4.78 is 40.4. The highest BCUT2D eigenvalue weighted by Gasteiger charge is 2.34. The van der Waals surface area contributed by atoms with Crippen molar-refractivity contribution in [3.63, 3.8) is 0 Å². The van der Waals surface area contributed by atoms with Crippen LogP contribution in [0.15, 0.2) is 35.2 Å². The number of sulfonamides is 1. The predicted octanol–water partition coefficient (Wildman–Crippen LogP) is 4.86. The Hall–Kier alpha value is -2.05. The number of hydrogen-bond donors (Lipinski definition) is 0. The molecule has 1 aliphatic carbocycles. The van der Waals surface area contributed by atoms with Crippen LogP contribution in [0.4, 0.5) is 0 Å². The molecule has 1 fully saturated rings. The lowest BCUT2D eigenvalue weighted by Gasteiger charge is -2.34. The lowest BCUT2D eigenvalue weighted by Crippen LogP contribution is -2.41. The molecule has 6 heteroatoms. The Bertz CT molecular complexity index is 987. The SMILES string of the molecule is Cc1cc(C)c(S(=O)(=O)N(Cc2ccc3c(c2)OCO3)C2CCCCC2)c(C)c1. The molecule has 5 nitrogen and oxygen atoms in total. The maximum atomic E-state index is 13.9. The minimum Gasteiger partial charge on any atom is -0.454 e. The molecule has 1 aliphatic heterocycles. The van der Waals surface area contributed by atoms with Crippen molar-refractivity contribution in [2.45, 2.75) is 70.4 Å². The molecule has 2 aromatic carbocycles. The van der Waals surface area contributed by atoms with Gasteiger partial charge in [0.2, 0.25) is 16.8 Å². The molecule has 0 amide bonds. The molecule has 2 aromatic rings. The molecular formula is C23H29NO4S. The molecule has 29 heavy (non-hydrogen) atoms. The minimum atomic E-state index is -3.63. The number of benzene rings is 2. The highest BCUT2D eigenvalue weighted by atomic mass is 32.2. The lowest BCUT2D eigenvalue weighted by atomic mass is 9.95. The zero-order chi connectivity index (χ0) is 20.6. The predicted molar refractivity (Wildman–Crippen MR) is 113 cm³/mol. The molecule has 0 N–H and O–H groups in total. The summed E-state index contributed by atoms with van der Waals surface area (Å²) in [5.41, 5.74) is 3.63. The van der Waals surface area contributed by atoms with Gasteiger partial charge in [0.05, 0.1) is 4.90 Å². The average Bonchev–Trinajstić information content (AvgIpc) is 3.13. The topological polar surface area (TPSA) is 55.8 Å². The molecule has 0 atom stereocenters. The van der Waals surface area contributed by atoms with Crippen LogP contribution in [-0.2, 0) is 16.6 Å². The molecule has 0 unspecified atom stereocenters. The monoisotopic (exact) mass is 415 g/mol. The van der Waals surface area contributed by atoms with Gasteiger partial charge < -0.3 is 9.47 Å². The highest BCUT2D eigenvalue weighted by molar-refractivity contribution is 7.89. The van der Waals surface area contributed by atoms with Crippen LogP contribution in [0.25, 0.3) is 0 Å². The van der Waals surface area contributed by atoms with Crippen LogP contribution < -0.4 is 9.47 Å². The number of fused-ring (bicyclic) bond motifs is 1. The van der Waals surface area contributed by atoms with Gasteiger partial charge in [0.1, 0.15) is 0 Å². The minimum absolute atomic E-state index is 0.0271. The first-order chi connectivity index (χ1) is 13.9. The summed E-state index contributed by atoms with van der Waals surface area (Å²) in [5.74, 6) is 1.40. The van der Waals surface area contributed by atoms with Crippen molar-refractivity contribution in [1.29, 1.82) is 0 Å². The van der Waals surface area contributed by atoms with Gasteiger partial charge in [0, 0.05) is 12.6 Å². The van der Waals surface area contributed by atoms with Crippen molar-refractivity contribution in [1.82, 2.24) is 4.31 Å². The number of ether oxygens (including phenoxy) is 2. The molecule has 0 bridgehead atoms. The number of hydrogen-bond acceptors (Lipinski definition) is 4. The first-order valence-electron chi connectivity index (χ1n) is 10.3. The Labute approximate surface area is 173 Å². The summed E-state index contributed by atoms with van der Waals surface area (Å²) in [7, 11) is -3.63. The molecule has 156 valence electrons. The van der Waals surface area contributed by atoms with E-state index in [1.807, 2.05) is 51.1 Å². The Morgan fingerprint density at radius 3 is 2.28 bits per heavy atom. The summed E-state index contributed by atoms with van der Waals surface area (Å²) in [6.45, 7) is 6.35. The number of nitrogens with zero attached hydrogens (tertiary/aromatic N) is 1. The molecular weight excluding hydrogens is 386 g/mol. The van der Waals surface area contributed by atoms with Gasteiger partial charge in [-0.2, -0.15) is 4.31 Å². The van der Waals surface area contributed by atoms with Crippen LogP contribution in [-0.4, -0.2) is 25.6 Å². The summed E-state index contributed by atoms with van der Waals surface area (Å²) in [6, 6.07) is 9.65. The second kappa shape index (κ2) is 8.00. The van der Waals surface area contributed by atoms with Gasteiger partial charge in [-0.1, -0.05) is 43.0 Å². The smallest absolute Gasteiger partial charge is 0.244 e. The summed E-state index contributed by atoms with van der Waals surface area (Å²) in [4.78, 5) is 0.453. The molecule has 0 spiro atoms. The van der Waals surface area contributed by atoms with Crippen molar-refractivity contribution in [3.8, 4) is 11.5 Å². The third-order valence-corrected chi connectivity index (χ3v) is 8.13. The van der Waals surface area contributed by atoms with E-state index < -0.39 is 10.0 Å². The summed E-state index contributed by atoms with van der Waals surface area (Å²) in [5, 5.41) is 0. The molecule has 0 aromatic heterocycles. The van der Waals surface area contributed by atoms with E-state index in [9.17, 15) is 8.42 Å². The fourth-order valence-electron chi connectivity index (χ4n) is 4.69. The van der Waals surface area contributed by atoms with Crippen molar-refractivity contribution in [3.05, 3.63) is 52.6 Å². The van der Waals surface area contributed by atoms with Crippen molar-refractivity contribution >= 4 is 10.0 Å². The van der Waals surface area contributed by atoms with E-state index in [-0.39, 0.29) is 12.8 Å². The van der Waals surface area contributed by atoms with Crippen LogP contribution in [0.2, 0.25) is 0 Å². The van der Waals surface area contributed by atoms with Gasteiger partial charge in [-0.15, -0.1) is 0 Å². The largest absolute Gasteiger partial charge is 0.454 e. The lowest BCUT2D eigenvalue weighted by molar-refractivity contribution is 0.174. The van der Waals surface area contributed by atoms with E-state index in [4.69, 9.17) is 9.47 Å². The zero-order valence-corrected chi connectivity index (χ0v) is 18.2. The van der Waals surface area contributed by atoms with Gasteiger partial charge in [0.15, 0.2) is 11.5 Å². The van der Waals surface area contributed by atoms with Gasteiger partial charge in [-0.25, -0.2) is 8.42 Å². The van der Waals surface area contributed by atoms with Crippen LogP contribution in [0, 0.1) is 20.8 Å². The van der Waals surface area contributed by atoms with Crippen LogP contribution in [0.1, 0.15) is 54.4 Å². The third-order valence-electron chi connectivity index (χ3n) is 5.93. The van der Waals surface area contributed by atoms with E-state index in [1.54, 1.807) is 4.31 Å². The molecule has 0 saturated heterocycles. The van der Waals surface area contributed by atoms with Gasteiger partial charge in [-0.05, 0) is 62.4 Å². The molecule has 1 heterocycles. The maximum Gasteiger partial charge on any atom is 0.244 e.